The van der Waals surface area contributed by atoms with Crippen molar-refractivity contribution in [3.63, 3.8) is 0 Å². The quantitative estimate of drug-likeness (QED) is 0.0347. The molecule has 0 saturated heterocycles. The van der Waals surface area contributed by atoms with Crippen LogP contribution in [-0.4, -0.2) is 49.3 Å². The van der Waals surface area contributed by atoms with Gasteiger partial charge in [0.25, 0.3) is 0 Å². The van der Waals surface area contributed by atoms with E-state index in [1.807, 2.05) is 0 Å². The summed E-state index contributed by atoms with van der Waals surface area (Å²) >= 11 is 0. The Hall–Kier alpha value is -0.990. The highest BCUT2D eigenvalue weighted by Gasteiger charge is 2.26. The SMILES string of the molecule is CCCCCCCCCCCCCCCCCCCCCCCCCCCCCCCCCCCCCCCCCCC(=O)OC(COC(=O)CCCCCCCCCCCCCCCCCCCCCCCCC)COP(=O)(O)OCCN. The third-order valence-corrected chi connectivity index (χ3v) is 18.7. The van der Waals surface area contributed by atoms with E-state index in [1.54, 1.807) is 0 Å². The van der Waals surface area contributed by atoms with Crippen molar-refractivity contribution in [2.24, 2.45) is 5.73 Å². The average Bonchev–Trinajstić information content (AvgIpc) is 3.55. The van der Waals surface area contributed by atoms with Gasteiger partial charge in [-0.2, -0.15) is 0 Å². The van der Waals surface area contributed by atoms with Crippen molar-refractivity contribution < 1.29 is 37.6 Å². The van der Waals surface area contributed by atoms with Crippen molar-refractivity contribution in [1.82, 2.24) is 0 Å². The van der Waals surface area contributed by atoms with E-state index in [4.69, 9.17) is 24.3 Å². The van der Waals surface area contributed by atoms with Gasteiger partial charge in [-0.25, -0.2) is 4.57 Å². The molecule has 2 atom stereocenters. The van der Waals surface area contributed by atoms with Gasteiger partial charge < -0.3 is 20.1 Å². The molecule has 0 amide bonds. The number of ether oxygens (including phenoxy) is 2. The largest absolute Gasteiger partial charge is 0.472 e. The topological polar surface area (TPSA) is 134 Å². The highest BCUT2D eigenvalue weighted by molar-refractivity contribution is 7.47. The third kappa shape index (κ3) is 70.1. The van der Waals surface area contributed by atoms with Crippen LogP contribution in [0.25, 0.3) is 0 Å². The maximum atomic E-state index is 12.8. The number of rotatable bonds is 74. The molecule has 0 rings (SSSR count). The van der Waals surface area contributed by atoms with Gasteiger partial charge in [-0.1, -0.05) is 406 Å². The van der Waals surface area contributed by atoms with Gasteiger partial charge in [0.1, 0.15) is 6.61 Å². The molecular weight excluding hydrogens is 1060 g/mol. The Bertz CT molecular complexity index is 1340. The molecule has 0 aliphatic carbocycles. The summed E-state index contributed by atoms with van der Waals surface area (Å²) in [4.78, 5) is 35.4. The minimum absolute atomic E-state index is 0.0589. The maximum absolute atomic E-state index is 12.8. The molecule has 0 fully saturated rings. The third-order valence-electron chi connectivity index (χ3n) is 17.7. The van der Waals surface area contributed by atoms with Crippen LogP contribution >= 0.6 is 7.82 Å². The Kier molecular flexibility index (Phi) is 70.3. The maximum Gasteiger partial charge on any atom is 0.472 e. The van der Waals surface area contributed by atoms with Gasteiger partial charge in [0.15, 0.2) is 6.10 Å². The first-order chi connectivity index (χ1) is 41.3. The van der Waals surface area contributed by atoms with Gasteiger partial charge in [0, 0.05) is 19.4 Å². The fraction of sp³-hybridized carbons (Fsp3) is 0.973. The zero-order valence-corrected chi connectivity index (χ0v) is 57.6. The number of hydrogen-bond acceptors (Lipinski definition) is 8. The minimum atomic E-state index is -4.39. The van der Waals surface area contributed by atoms with Crippen LogP contribution in [0.5, 0.6) is 0 Å². The fourth-order valence-electron chi connectivity index (χ4n) is 12.1. The zero-order valence-electron chi connectivity index (χ0n) is 56.7. The number of nitrogens with two attached hydrogens (primary N) is 1. The first-order valence-corrected chi connectivity index (χ1v) is 39.5. The summed E-state index contributed by atoms with van der Waals surface area (Å²) in [7, 11) is -4.39. The molecule has 0 aliphatic rings. The van der Waals surface area contributed by atoms with Crippen LogP contribution in [0, 0.1) is 0 Å². The van der Waals surface area contributed by atoms with E-state index in [2.05, 4.69) is 13.8 Å². The Morgan fingerprint density at radius 2 is 0.512 bits per heavy atom. The van der Waals surface area contributed by atoms with Gasteiger partial charge in [-0.15, -0.1) is 0 Å². The van der Waals surface area contributed by atoms with Gasteiger partial charge in [-0.3, -0.25) is 18.6 Å². The molecule has 0 spiro atoms. The molecule has 0 bridgehead atoms. The summed E-state index contributed by atoms with van der Waals surface area (Å²) < 4.78 is 33.2. The van der Waals surface area contributed by atoms with Gasteiger partial charge in [0.2, 0.25) is 0 Å². The van der Waals surface area contributed by atoms with Crippen LogP contribution in [0.2, 0.25) is 0 Å². The van der Waals surface area contributed by atoms with E-state index in [1.165, 1.54) is 366 Å². The molecule has 0 radical (unpaired) electrons. The number of carbonyl (C=O) groups is 2. The molecule has 0 aromatic rings. The lowest BCUT2D eigenvalue weighted by atomic mass is 10.0. The summed E-state index contributed by atoms with van der Waals surface area (Å²) in [6, 6.07) is 0. The van der Waals surface area contributed by atoms with Gasteiger partial charge in [0.05, 0.1) is 13.2 Å². The fourth-order valence-corrected chi connectivity index (χ4v) is 12.9. The van der Waals surface area contributed by atoms with Crippen LogP contribution in [0.4, 0.5) is 0 Å². The lowest BCUT2D eigenvalue weighted by molar-refractivity contribution is -0.161. The van der Waals surface area contributed by atoms with E-state index in [9.17, 15) is 19.0 Å². The van der Waals surface area contributed by atoms with Crippen LogP contribution in [0.3, 0.4) is 0 Å². The molecule has 0 saturated carbocycles. The molecule has 0 aromatic heterocycles. The Labute approximate surface area is 524 Å². The summed E-state index contributed by atoms with van der Waals surface area (Å²) in [6.45, 7) is 3.85. The lowest BCUT2D eigenvalue weighted by Crippen LogP contribution is -2.29. The first kappa shape index (κ1) is 83.0. The van der Waals surface area contributed by atoms with Crippen molar-refractivity contribution in [2.75, 3.05) is 26.4 Å². The smallest absolute Gasteiger partial charge is 0.462 e. The summed E-state index contributed by atoms with van der Waals surface area (Å²) in [5, 5.41) is 0. The van der Waals surface area contributed by atoms with Crippen LogP contribution in [0.15, 0.2) is 0 Å². The number of hydrogen-bond donors (Lipinski definition) is 2. The minimum Gasteiger partial charge on any atom is -0.462 e. The highest BCUT2D eigenvalue weighted by Crippen LogP contribution is 2.43. The van der Waals surface area contributed by atoms with Crippen molar-refractivity contribution in [2.45, 2.75) is 437 Å². The molecular formula is C74H148NO8P. The highest BCUT2D eigenvalue weighted by atomic mass is 31.2. The molecule has 10 heteroatoms. The summed E-state index contributed by atoms with van der Waals surface area (Å²) in [5.74, 6) is -0.796. The molecule has 9 nitrogen and oxygen atoms in total. The molecule has 3 N–H and O–H groups in total. The van der Waals surface area contributed by atoms with E-state index in [0.717, 1.165) is 32.1 Å². The second-order valence-corrected chi connectivity index (χ2v) is 27.7. The van der Waals surface area contributed by atoms with Gasteiger partial charge >= 0.3 is 19.8 Å². The summed E-state index contributed by atoms with van der Waals surface area (Å²) in [6.07, 6.45) is 85.3. The Morgan fingerprint density at radius 3 is 0.726 bits per heavy atom. The van der Waals surface area contributed by atoms with Crippen LogP contribution in [-0.2, 0) is 32.7 Å². The van der Waals surface area contributed by atoms with Crippen molar-refractivity contribution >= 4 is 19.8 Å². The number of unbranched alkanes of at least 4 members (excludes halogenated alkanes) is 61. The van der Waals surface area contributed by atoms with E-state index < -0.39 is 26.5 Å². The lowest BCUT2D eigenvalue weighted by Gasteiger charge is -2.19. The molecule has 2 unspecified atom stereocenters. The standard InChI is InChI=1S/C74H148NO8P/c1-3-5-7-9-11-13-15-17-19-21-23-25-27-28-29-30-31-32-33-34-35-36-37-38-39-40-41-42-43-45-47-49-51-53-55-57-59-61-63-65-67-74(77)83-72(71-82-84(78,79)81-69-68-75)70-80-73(76)66-64-62-60-58-56-54-52-50-48-46-44-26-24-22-20-18-16-14-12-10-8-6-4-2/h72H,3-71,75H2,1-2H3,(H,78,79). The van der Waals surface area contributed by atoms with Crippen LogP contribution < -0.4 is 5.73 Å². The number of phosphoric acid groups is 1. The number of carbonyl (C=O) groups excluding carboxylic acids is 2. The second-order valence-electron chi connectivity index (χ2n) is 26.2. The molecule has 0 aromatic carbocycles. The Morgan fingerprint density at radius 1 is 0.310 bits per heavy atom. The van der Waals surface area contributed by atoms with E-state index in [0.29, 0.717) is 12.8 Å². The monoisotopic (exact) mass is 1210 g/mol. The van der Waals surface area contributed by atoms with E-state index >= 15 is 0 Å². The predicted molar refractivity (Wildman–Crippen MR) is 363 cm³/mol. The van der Waals surface area contributed by atoms with Crippen LogP contribution in [0.1, 0.15) is 431 Å². The molecule has 84 heavy (non-hydrogen) atoms. The number of phosphoric ester groups is 1. The average molecular weight is 1210 g/mol. The first-order valence-electron chi connectivity index (χ1n) is 38.0. The molecule has 502 valence electrons. The summed E-state index contributed by atoms with van der Waals surface area (Å²) in [5.41, 5.74) is 5.41. The predicted octanol–water partition coefficient (Wildman–Crippen LogP) is 24.9. The second kappa shape index (κ2) is 71.1. The number of esters is 2. The van der Waals surface area contributed by atoms with Crippen molar-refractivity contribution in [1.29, 1.82) is 0 Å². The molecule has 0 heterocycles. The van der Waals surface area contributed by atoms with Crippen molar-refractivity contribution in [3.8, 4) is 0 Å². The van der Waals surface area contributed by atoms with Crippen molar-refractivity contribution in [3.05, 3.63) is 0 Å². The normalized spacial score (nSPS) is 12.8. The van der Waals surface area contributed by atoms with E-state index in [-0.39, 0.29) is 32.1 Å². The Balaban J connectivity index is 3.71. The zero-order chi connectivity index (χ0) is 60.9. The van der Waals surface area contributed by atoms with Gasteiger partial charge in [-0.05, 0) is 12.8 Å². The molecule has 0 aliphatic heterocycles.